The van der Waals surface area contributed by atoms with E-state index in [1.807, 2.05) is 12.1 Å². The molecule has 1 aromatic carbocycles. The van der Waals surface area contributed by atoms with Crippen LogP contribution in [0.1, 0.15) is 33.6 Å². The smallest absolute Gasteiger partial charge is 0.193 e. The zero-order valence-electron chi connectivity index (χ0n) is 17.5. The van der Waals surface area contributed by atoms with Gasteiger partial charge in [0, 0.05) is 4.90 Å². The minimum atomic E-state index is -1.89. The average Bonchev–Trinajstić information content (AvgIpc) is 2.99. The van der Waals surface area contributed by atoms with Gasteiger partial charge in [0.1, 0.15) is 0 Å². The Bertz CT molecular complexity index is 734. The molecular formula is C24H34O2SSi. The third-order valence-electron chi connectivity index (χ3n) is 7.19. The van der Waals surface area contributed by atoms with Crippen LogP contribution in [0.2, 0.25) is 18.1 Å². The number of benzene rings is 1. The van der Waals surface area contributed by atoms with Crippen molar-refractivity contribution in [3.05, 3.63) is 66.6 Å². The van der Waals surface area contributed by atoms with Crippen molar-refractivity contribution in [2.45, 2.75) is 68.3 Å². The molecule has 28 heavy (non-hydrogen) atoms. The third kappa shape index (κ3) is 3.09. The van der Waals surface area contributed by atoms with E-state index < -0.39 is 25.4 Å². The Hall–Kier alpha value is -1.07. The van der Waals surface area contributed by atoms with E-state index in [9.17, 15) is 5.11 Å². The summed E-state index contributed by atoms with van der Waals surface area (Å²) < 4.78 is 7.17. The molecule has 0 bridgehead atoms. The lowest BCUT2D eigenvalue weighted by Crippen LogP contribution is -2.62. The second-order valence-electron chi connectivity index (χ2n) is 8.08. The molecule has 1 unspecified atom stereocenters. The summed E-state index contributed by atoms with van der Waals surface area (Å²) in [4.78, 5) is 2.40. The van der Waals surface area contributed by atoms with Gasteiger partial charge >= 0.3 is 0 Å². The van der Waals surface area contributed by atoms with Gasteiger partial charge in [0.25, 0.3) is 0 Å². The van der Waals surface area contributed by atoms with Crippen molar-refractivity contribution >= 4 is 20.1 Å². The van der Waals surface area contributed by atoms with E-state index in [1.54, 1.807) is 17.8 Å². The van der Waals surface area contributed by atoms with Crippen molar-refractivity contribution in [3.63, 3.8) is 0 Å². The van der Waals surface area contributed by atoms with Crippen molar-refractivity contribution < 1.29 is 9.53 Å². The molecule has 4 atom stereocenters. The lowest BCUT2D eigenvalue weighted by atomic mass is 9.59. The zero-order chi connectivity index (χ0) is 20.4. The summed E-state index contributed by atoms with van der Waals surface area (Å²) >= 11 is 1.76. The Kier molecular flexibility index (Phi) is 6.45. The van der Waals surface area contributed by atoms with Crippen LogP contribution < -0.4 is 0 Å². The summed E-state index contributed by atoms with van der Waals surface area (Å²) in [5, 5.41) is 11.3. The molecule has 2 nitrogen and oxygen atoms in total. The Morgan fingerprint density at radius 2 is 1.86 bits per heavy atom. The van der Waals surface area contributed by atoms with E-state index in [2.05, 4.69) is 64.3 Å². The number of thioether (sulfide) groups is 1. The molecule has 1 aromatic rings. The lowest BCUT2D eigenvalue weighted by Gasteiger charge is -2.57. The van der Waals surface area contributed by atoms with Crippen molar-refractivity contribution in [2.24, 2.45) is 11.3 Å². The minimum Gasteiger partial charge on any atom is -0.407 e. The molecular weight excluding hydrogens is 380 g/mol. The SMILES string of the molecule is C=CC(O)[C@]12C(Sc3ccccc3)=C[C@H]1CC[C@@]2(C=C)O[Si](CC)(CC)CC. The predicted octanol–water partition coefficient (Wildman–Crippen LogP) is 6.57. The van der Waals surface area contributed by atoms with Crippen molar-refractivity contribution in [1.29, 1.82) is 0 Å². The topological polar surface area (TPSA) is 29.5 Å². The van der Waals surface area contributed by atoms with Crippen LogP contribution in [0.3, 0.4) is 0 Å². The van der Waals surface area contributed by atoms with E-state index in [4.69, 9.17) is 4.43 Å². The van der Waals surface area contributed by atoms with Gasteiger partial charge < -0.3 is 9.53 Å². The molecule has 0 aliphatic heterocycles. The van der Waals surface area contributed by atoms with Crippen molar-refractivity contribution in [3.8, 4) is 0 Å². The number of hydrogen-bond donors (Lipinski definition) is 1. The highest BCUT2D eigenvalue weighted by molar-refractivity contribution is 8.03. The van der Waals surface area contributed by atoms with E-state index in [1.165, 1.54) is 9.80 Å². The van der Waals surface area contributed by atoms with E-state index >= 15 is 0 Å². The van der Waals surface area contributed by atoms with E-state index in [0.29, 0.717) is 5.92 Å². The second-order valence-corrected chi connectivity index (χ2v) is 13.9. The van der Waals surface area contributed by atoms with Gasteiger partial charge in [0.2, 0.25) is 0 Å². The van der Waals surface area contributed by atoms with Crippen LogP contribution in [0, 0.1) is 11.3 Å². The molecule has 0 aromatic heterocycles. The van der Waals surface area contributed by atoms with Crippen molar-refractivity contribution in [2.75, 3.05) is 0 Å². The molecule has 0 spiro atoms. The van der Waals surface area contributed by atoms with E-state index in [-0.39, 0.29) is 0 Å². The Balaban J connectivity index is 2.06. The van der Waals surface area contributed by atoms with Crippen LogP contribution in [-0.4, -0.2) is 25.1 Å². The van der Waals surface area contributed by atoms with Crippen LogP contribution in [0.25, 0.3) is 0 Å². The van der Waals surface area contributed by atoms with Gasteiger partial charge in [-0.05, 0) is 53.9 Å². The third-order valence-corrected chi connectivity index (χ3v) is 13.1. The van der Waals surface area contributed by atoms with Crippen LogP contribution in [0.5, 0.6) is 0 Å². The van der Waals surface area contributed by atoms with Crippen LogP contribution in [0.4, 0.5) is 0 Å². The first-order valence-corrected chi connectivity index (χ1v) is 13.9. The maximum Gasteiger partial charge on any atom is 0.193 e. The molecule has 4 heteroatoms. The first-order valence-electron chi connectivity index (χ1n) is 10.6. The number of aliphatic hydroxyl groups is 1. The standard InChI is InChI=1S/C24H34O2SSi/c1-6-21(25)24-19(18-22(24)27-20-14-12-11-13-15-20)16-17-23(24,7-2)26-28(8-3,9-4)10-5/h6-7,11-15,18-19,21,25H,1-2,8-10,16-17H2,3-5H3/t19-,21?,23-,24+/m1/s1. The Labute approximate surface area is 175 Å². The molecule has 152 valence electrons. The highest BCUT2D eigenvalue weighted by Crippen LogP contribution is 2.69. The number of allylic oxidation sites excluding steroid dienone is 1. The maximum atomic E-state index is 11.3. The summed E-state index contributed by atoms with van der Waals surface area (Å²) in [6.45, 7) is 15.0. The summed E-state index contributed by atoms with van der Waals surface area (Å²) in [7, 11) is -1.89. The van der Waals surface area contributed by atoms with Crippen LogP contribution in [-0.2, 0) is 4.43 Å². The van der Waals surface area contributed by atoms with Gasteiger partial charge in [0.15, 0.2) is 8.32 Å². The first kappa shape index (κ1) is 21.6. The van der Waals surface area contributed by atoms with Gasteiger partial charge in [-0.1, -0.05) is 69.0 Å². The highest BCUT2D eigenvalue weighted by Gasteiger charge is 2.69. The number of hydrogen-bond acceptors (Lipinski definition) is 3. The second kappa shape index (κ2) is 8.35. The normalized spacial score (nSPS) is 30.1. The maximum absolute atomic E-state index is 11.3. The average molecular weight is 415 g/mol. The molecule has 0 heterocycles. The Morgan fingerprint density at radius 1 is 1.21 bits per heavy atom. The van der Waals surface area contributed by atoms with Gasteiger partial charge in [0.05, 0.1) is 17.1 Å². The molecule has 0 radical (unpaired) electrons. The number of rotatable bonds is 10. The fourth-order valence-corrected chi connectivity index (χ4v) is 9.74. The molecule has 1 fully saturated rings. The summed E-state index contributed by atoms with van der Waals surface area (Å²) in [6.07, 6.45) is 7.35. The van der Waals surface area contributed by atoms with Gasteiger partial charge in [-0.25, -0.2) is 0 Å². The van der Waals surface area contributed by atoms with Crippen molar-refractivity contribution in [1.82, 2.24) is 0 Å². The van der Waals surface area contributed by atoms with E-state index in [0.717, 1.165) is 31.0 Å². The molecule has 2 aliphatic rings. The number of aliphatic hydroxyl groups excluding tert-OH is 1. The molecule has 0 saturated heterocycles. The molecule has 1 N–H and O–H groups in total. The van der Waals surface area contributed by atoms with Gasteiger partial charge in [-0.2, -0.15) is 0 Å². The monoisotopic (exact) mass is 414 g/mol. The molecule has 1 saturated carbocycles. The zero-order valence-corrected chi connectivity index (χ0v) is 19.3. The fourth-order valence-electron chi connectivity index (χ4n) is 5.28. The lowest BCUT2D eigenvalue weighted by molar-refractivity contribution is -0.0648. The Morgan fingerprint density at radius 3 is 2.39 bits per heavy atom. The largest absolute Gasteiger partial charge is 0.407 e. The predicted molar refractivity (Wildman–Crippen MR) is 123 cm³/mol. The van der Waals surface area contributed by atoms with Crippen LogP contribution in [0.15, 0.2) is 71.5 Å². The summed E-state index contributed by atoms with van der Waals surface area (Å²) in [5.41, 5.74) is -0.986. The van der Waals surface area contributed by atoms with Gasteiger partial charge in [-0.15, -0.1) is 13.2 Å². The summed E-state index contributed by atoms with van der Waals surface area (Å²) in [6, 6.07) is 13.7. The number of fused-ring (bicyclic) bond motifs is 1. The quantitative estimate of drug-likeness (QED) is 0.347. The fraction of sp³-hybridized carbons (Fsp3) is 0.500. The highest BCUT2D eigenvalue weighted by atomic mass is 32.2. The minimum absolute atomic E-state index is 0.307. The first-order chi connectivity index (χ1) is 13.5. The molecule has 0 amide bonds. The molecule has 2 aliphatic carbocycles. The summed E-state index contributed by atoms with van der Waals surface area (Å²) in [5.74, 6) is 0.307. The van der Waals surface area contributed by atoms with Gasteiger partial charge in [-0.3, -0.25) is 0 Å². The molecule has 3 rings (SSSR count). The van der Waals surface area contributed by atoms with Crippen LogP contribution >= 0.6 is 11.8 Å².